The highest BCUT2D eigenvalue weighted by Gasteiger charge is 2.17. The lowest BCUT2D eigenvalue weighted by atomic mass is 10.3. The molecule has 4 rings (SSSR count). The fourth-order valence-corrected chi connectivity index (χ4v) is 3.71. The van der Waals surface area contributed by atoms with Gasteiger partial charge in [0.25, 0.3) is 5.91 Å². The quantitative estimate of drug-likeness (QED) is 0.503. The minimum Gasteiger partial charge on any atom is -0.351 e. The van der Waals surface area contributed by atoms with Crippen molar-refractivity contribution in [3.8, 4) is 10.8 Å². The highest BCUT2D eigenvalue weighted by molar-refractivity contribution is 7.17. The Morgan fingerprint density at radius 3 is 2.78 bits per heavy atom. The van der Waals surface area contributed by atoms with Crippen LogP contribution in [-0.2, 0) is 6.42 Å². The summed E-state index contributed by atoms with van der Waals surface area (Å²) in [5, 5.41) is 3.61. The summed E-state index contributed by atoms with van der Waals surface area (Å²) in [7, 11) is 0. The van der Waals surface area contributed by atoms with E-state index in [1.54, 1.807) is 18.5 Å². The molecule has 1 amide bonds. The lowest BCUT2D eigenvalue weighted by Gasteiger charge is -2.03. The van der Waals surface area contributed by atoms with E-state index in [4.69, 9.17) is 0 Å². The number of benzene rings is 1. The van der Waals surface area contributed by atoms with E-state index in [1.165, 1.54) is 11.3 Å². The molecule has 1 aromatic carbocycles. The van der Waals surface area contributed by atoms with E-state index in [0.29, 0.717) is 27.9 Å². The lowest BCUT2D eigenvalue weighted by Crippen LogP contribution is -2.24. The first-order valence-corrected chi connectivity index (χ1v) is 9.49. The fraction of sp³-hybridized carbons (Fsp3) is 0.211. The van der Waals surface area contributed by atoms with Crippen LogP contribution in [0.15, 0.2) is 42.7 Å². The van der Waals surface area contributed by atoms with Crippen molar-refractivity contribution in [2.24, 2.45) is 0 Å². The maximum atomic E-state index is 12.5. The number of hydrogen-bond acceptors (Lipinski definition) is 6. The molecule has 0 aliphatic heterocycles. The Labute approximate surface area is 159 Å². The van der Waals surface area contributed by atoms with Gasteiger partial charge in [-0.15, -0.1) is 11.3 Å². The van der Waals surface area contributed by atoms with E-state index in [-0.39, 0.29) is 5.91 Å². The van der Waals surface area contributed by atoms with Crippen LogP contribution in [0.4, 0.5) is 0 Å². The van der Waals surface area contributed by atoms with Crippen molar-refractivity contribution in [3.05, 3.63) is 59.1 Å². The molecule has 8 heteroatoms. The van der Waals surface area contributed by atoms with Gasteiger partial charge < -0.3 is 10.3 Å². The van der Waals surface area contributed by atoms with Crippen molar-refractivity contribution in [1.29, 1.82) is 0 Å². The van der Waals surface area contributed by atoms with Crippen LogP contribution in [-0.4, -0.2) is 37.4 Å². The maximum absolute atomic E-state index is 12.5. The average Bonchev–Trinajstić information content (AvgIpc) is 3.29. The number of thiazole rings is 1. The number of H-pyrrole nitrogens is 1. The highest BCUT2D eigenvalue weighted by Crippen LogP contribution is 2.24. The second-order valence-electron chi connectivity index (χ2n) is 6.07. The molecule has 3 heterocycles. The molecular formula is C19H18N6OS. The maximum Gasteiger partial charge on any atom is 0.263 e. The predicted octanol–water partition coefficient (Wildman–Crippen LogP) is 3.15. The number of imidazole rings is 1. The van der Waals surface area contributed by atoms with Crippen molar-refractivity contribution in [3.63, 3.8) is 0 Å². The van der Waals surface area contributed by atoms with E-state index < -0.39 is 0 Å². The van der Waals surface area contributed by atoms with Crippen LogP contribution in [0.2, 0.25) is 0 Å². The van der Waals surface area contributed by atoms with Gasteiger partial charge in [0.1, 0.15) is 10.7 Å². The summed E-state index contributed by atoms with van der Waals surface area (Å²) >= 11 is 1.31. The zero-order valence-corrected chi connectivity index (χ0v) is 15.6. The topological polar surface area (TPSA) is 96.4 Å². The molecule has 0 fully saturated rings. The number of amides is 1. The molecule has 0 unspecified atom stereocenters. The zero-order valence-electron chi connectivity index (χ0n) is 14.8. The third kappa shape index (κ3) is 3.85. The van der Waals surface area contributed by atoms with Gasteiger partial charge in [-0.05, 0) is 31.5 Å². The third-order valence-corrected chi connectivity index (χ3v) is 5.23. The largest absolute Gasteiger partial charge is 0.351 e. The second-order valence-corrected chi connectivity index (χ2v) is 7.07. The Bertz CT molecular complexity index is 1040. The second kappa shape index (κ2) is 7.63. The van der Waals surface area contributed by atoms with Crippen LogP contribution in [0.1, 0.15) is 27.6 Å². The van der Waals surface area contributed by atoms with Gasteiger partial charge in [-0.2, -0.15) is 0 Å². The van der Waals surface area contributed by atoms with Crippen LogP contribution < -0.4 is 5.32 Å². The third-order valence-electron chi connectivity index (χ3n) is 4.07. The van der Waals surface area contributed by atoms with Gasteiger partial charge in [0, 0.05) is 25.4 Å². The molecule has 3 aromatic heterocycles. The summed E-state index contributed by atoms with van der Waals surface area (Å²) in [6.07, 6.45) is 4.91. The van der Waals surface area contributed by atoms with E-state index in [2.05, 4.69) is 30.2 Å². The summed E-state index contributed by atoms with van der Waals surface area (Å²) in [6.45, 7) is 2.40. The minimum atomic E-state index is -0.114. The first-order valence-electron chi connectivity index (χ1n) is 8.67. The van der Waals surface area contributed by atoms with Crippen LogP contribution in [0.25, 0.3) is 21.9 Å². The van der Waals surface area contributed by atoms with Gasteiger partial charge >= 0.3 is 0 Å². The summed E-state index contributed by atoms with van der Waals surface area (Å²) in [4.78, 5) is 33.7. The van der Waals surface area contributed by atoms with Gasteiger partial charge in [0.2, 0.25) is 0 Å². The SMILES string of the molecule is Cc1nc(-c2ncccn2)sc1C(=O)NCCCc1nc2ccccc2[nH]1. The van der Waals surface area contributed by atoms with Crippen LogP contribution in [0.5, 0.6) is 0 Å². The van der Waals surface area contributed by atoms with Crippen molar-refractivity contribution in [2.75, 3.05) is 6.54 Å². The summed E-state index contributed by atoms with van der Waals surface area (Å²) in [5.41, 5.74) is 2.69. The van der Waals surface area contributed by atoms with Crippen molar-refractivity contribution < 1.29 is 4.79 Å². The first-order chi connectivity index (χ1) is 13.2. The number of hydrogen-bond donors (Lipinski definition) is 2. The van der Waals surface area contributed by atoms with E-state index in [9.17, 15) is 4.79 Å². The number of rotatable bonds is 6. The molecular weight excluding hydrogens is 360 g/mol. The number of carbonyl (C=O) groups is 1. The molecule has 0 radical (unpaired) electrons. The Kier molecular flexibility index (Phi) is 4.88. The standard InChI is InChI=1S/C19H18N6OS/c1-12-16(27-19(23-12)17-20-10-5-11-21-17)18(26)22-9-4-8-15-24-13-6-2-3-7-14(13)25-15/h2-3,5-7,10-11H,4,8-9H2,1H3,(H,22,26)(H,24,25). The molecule has 0 aliphatic rings. The number of para-hydroxylation sites is 2. The fourth-order valence-electron chi connectivity index (χ4n) is 2.77. The van der Waals surface area contributed by atoms with E-state index in [0.717, 1.165) is 29.7 Å². The monoisotopic (exact) mass is 378 g/mol. The molecule has 7 nitrogen and oxygen atoms in total. The van der Waals surface area contributed by atoms with Crippen molar-refractivity contribution >= 4 is 28.3 Å². The molecule has 0 aliphatic carbocycles. The number of aryl methyl sites for hydroxylation is 2. The normalized spacial score (nSPS) is 11.0. The number of fused-ring (bicyclic) bond motifs is 1. The molecule has 0 spiro atoms. The van der Waals surface area contributed by atoms with Gasteiger partial charge in [0.05, 0.1) is 16.7 Å². The van der Waals surface area contributed by atoms with Crippen LogP contribution >= 0.6 is 11.3 Å². The summed E-state index contributed by atoms with van der Waals surface area (Å²) in [5.74, 6) is 1.36. The van der Waals surface area contributed by atoms with Crippen molar-refractivity contribution in [1.82, 2.24) is 30.2 Å². The van der Waals surface area contributed by atoms with Gasteiger partial charge in [-0.25, -0.2) is 19.9 Å². The molecule has 136 valence electrons. The predicted molar refractivity (Wildman–Crippen MR) is 105 cm³/mol. The molecule has 2 N–H and O–H groups in total. The summed E-state index contributed by atoms with van der Waals surface area (Å²) in [6, 6.07) is 9.70. The van der Waals surface area contributed by atoms with E-state index in [1.807, 2.05) is 31.2 Å². The van der Waals surface area contributed by atoms with Gasteiger partial charge in [-0.1, -0.05) is 12.1 Å². The zero-order chi connectivity index (χ0) is 18.6. The highest BCUT2D eigenvalue weighted by atomic mass is 32.1. The number of nitrogens with zero attached hydrogens (tertiary/aromatic N) is 4. The molecule has 0 saturated carbocycles. The van der Waals surface area contributed by atoms with Crippen LogP contribution in [0.3, 0.4) is 0 Å². The minimum absolute atomic E-state index is 0.114. The Morgan fingerprint density at radius 2 is 1.96 bits per heavy atom. The smallest absolute Gasteiger partial charge is 0.263 e. The van der Waals surface area contributed by atoms with Crippen molar-refractivity contribution in [2.45, 2.75) is 19.8 Å². The number of nitrogens with one attached hydrogen (secondary N) is 2. The van der Waals surface area contributed by atoms with Crippen LogP contribution in [0, 0.1) is 6.92 Å². The number of carbonyl (C=O) groups excluding carboxylic acids is 1. The lowest BCUT2D eigenvalue weighted by molar-refractivity contribution is 0.0956. The number of aromatic amines is 1. The molecule has 0 saturated heterocycles. The molecule has 0 bridgehead atoms. The Morgan fingerprint density at radius 1 is 1.15 bits per heavy atom. The molecule has 4 aromatic rings. The first kappa shape index (κ1) is 17.3. The average molecular weight is 378 g/mol. The Hall–Kier alpha value is -3.13. The molecule has 27 heavy (non-hydrogen) atoms. The van der Waals surface area contributed by atoms with E-state index >= 15 is 0 Å². The Balaban J connectivity index is 1.33. The summed E-state index contributed by atoms with van der Waals surface area (Å²) < 4.78 is 0. The van der Waals surface area contributed by atoms with Gasteiger partial charge in [-0.3, -0.25) is 4.79 Å². The number of aromatic nitrogens is 5. The molecule has 0 atom stereocenters. The van der Waals surface area contributed by atoms with Gasteiger partial charge in [0.15, 0.2) is 10.8 Å².